The summed E-state index contributed by atoms with van der Waals surface area (Å²) in [4.78, 5) is 20.4. The van der Waals surface area contributed by atoms with Crippen molar-refractivity contribution in [3.63, 3.8) is 0 Å². The first-order valence-corrected chi connectivity index (χ1v) is 16.0. The Morgan fingerprint density at radius 1 is 1.14 bits per heavy atom. The van der Waals surface area contributed by atoms with Crippen LogP contribution in [0.15, 0.2) is 71.9 Å². The summed E-state index contributed by atoms with van der Waals surface area (Å²) in [5, 5.41) is 6.01. The van der Waals surface area contributed by atoms with Crippen LogP contribution in [0, 0.1) is 11.7 Å². The Hall–Kier alpha value is -4.09. The van der Waals surface area contributed by atoms with Crippen molar-refractivity contribution in [1.29, 1.82) is 0 Å². The van der Waals surface area contributed by atoms with E-state index in [0.717, 1.165) is 0 Å². The van der Waals surface area contributed by atoms with Crippen molar-refractivity contribution < 1.29 is 28.5 Å². The summed E-state index contributed by atoms with van der Waals surface area (Å²) in [6, 6.07) is 17.1. The quantitative estimate of drug-likeness (QED) is 0.246. The summed E-state index contributed by atoms with van der Waals surface area (Å²) in [5.74, 6) is -0.802. The van der Waals surface area contributed by atoms with E-state index in [1.807, 2.05) is 30.9 Å². The number of piperidine rings is 1. The molecule has 2 aromatic carbocycles. The van der Waals surface area contributed by atoms with Gasteiger partial charge in [0, 0.05) is 26.1 Å². The maximum atomic E-state index is 14.7. The number of sulfone groups is 1. The van der Waals surface area contributed by atoms with E-state index in [-0.39, 0.29) is 17.9 Å². The minimum absolute atomic E-state index is 0. The molecule has 1 spiro atoms. The average Bonchev–Trinajstić information content (AvgIpc) is 3.66. The van der Waals surface area contributed by atoms with E-state index in [2.05, 4.69) is 22.3 Å². The lowest BCUT2D eigenvalue weighted by molar-refractivity contribution is -0.0551. The molecule has 6 rings (SSSR count). The van der Waals surface area contributed by atoms with Crippen LogP contribution in [0.1, 0.15) is 49.6 Å². The standard InChI is InChI=1S/C32H33FN4O5S.H2/c1-21(2)18-41-25-16-23(15-24(33)17-25)28-8-7-26(29(38)20-43(39,40)30-9-12-34-36-30)31(35-28)37-13-10-32(11-14-37)27-6-4-3-5-22(27)19-42-32;/h3-9,12,15-17,21H,10-11,13-14,18-20H2,1-2H3,(H,34,36);1H. The molecule has 226 valence electrons. The fourth-order valence-electron chi connectivity index (χ4n) is 5.75. The van der Waals surface area contributed by atoms with Gasteiger partial charge in [-0.3, -0.25) is 9.89 Å². The number of Topliss-reactive ketones (excluding diaryl/α,β-unsaturated/α-hetero) is 1. The maximum absolute atomic E-state index is 14.7. The number of nitrogens with one attached hydrogen (secondary N) is 1. The summed E-state index contributed by atoms with van der Waals surface area (Å²) in [5.41, 5.74) is 3.07. The molecular formula is C32H35FN4O5S. The summed E-state index contributed by atoms with van der Waals surface area (Å²) in [7, 11) is -3.95. The van der Waals surface area contributed by atoms with Gasteiger partial charge in [-0.05, 0) is 60.2 Å². The highest BCUT2D eigenvalue weighted by atomic mass is 32.2. The van der Waals surface area contributed by atoms with Gasteiger partial charge in [0.05, 0.1) is 36.3 Å². The molecule has 11 heteroatoms. The monoisotopic (exact) mass is 606 g/mol. The number of H-pyrrole nitrogens is 1. The molecule has 0 radical (unpaired) electrons. The smallest absolute Gasteiger partial charge is 0.202 e. The van der Waals surface area contributed by atoms with Crippen LogP contribution in [0.2, 0.25) is 0 Å². The molecule has 2 aliphatic heterocycles. The van der Waals surface area contributed by atoms with Crippen molar-refractivity contribution in [3.05, 3.63) is 89.4 Å². The molecule has 1 N–H and O–H groups in total. The molecule has 1 fully saturated rings. The Labute approximate surface area is 251 Å². The molecular weight excluding hydrogens is 571 g/mol. The number of benzene rings is 2. The number of hydrogen-bond donors (Lipinski definition) is 1. The number of halogens is 1. The Bertz CT molecular complexity index is 1760. The minimum Gasteiger partial charge on any atom is -0.493 e. The van der Waals surface area contributed by atoms with Gasteiger partial charge in [-0.1, -0.05) is 38.1 Å². The number of aromatic amines is 1. The van der Waals surface area contributed by atoms with Gasteiger partial charge in [-0.25, -0.2) is 17.8 Å². The van der Waals surface area contributed by atoms with Crippen molar-refractivity contribution in [2.45, 2.75) is 43.9 Å². The number of fused-ring (bicyclic) bond motifs is 2. The largest absolute Gasteiger partial charge is 0.493 e. The van der Waals surface area contributed by atoms with Crippen LogP contribution in [0.4, 0.5) is 10.2 Å². The molecule has 0 saturated carbocycles. The van der Waals surface area contributed by atoms with Gasteiger partial charge < -0.3 is 14.4 Å². The Kier molecular flexibility index (Phi) is 7.78. The van der Waals surface area contributed by atoms with E-state index in [9.17, 15) is 17.6 Å². The van der Waals surface area contributed by atoms with Crippen LogP contribution in [0.3, 0.4) is 0 Å². The highest BCUT2D eigenvalue weighted by molar-refractivity contribution is 7.92. The van der Waals surface area contributed by atoms with E-state index in [0.29, 0.717) is 62.0 Å². The van der Waals surface area contributed by atoms with E-state index >= 15 is 0 Å². The number of carbonyl (C=O) groups is 1. The second-order valence-electron chi connectivity index (χ2n) is 11.5. The molecule has 43 heavy (non-hydrogen) atoms. The Balaban J connectivity index is 0.00000384. The summed E-state index contributed by atoms with van der Waals surface area (Å²) in [6.07, 6.45) is 2.66. The van der Waals surface area contributed by atoms with E-state index in [4.69, 9.17) is 14.5 Å². The third-order valence-corrected chi connectivity index (χ3v) is 9.48. The number of hydrogen-bond acceptors (Lipinski definition) is 8. The van der Waals surface area contributed by atoms with Gasteiger partial charge in [0.25, 0.3) is 0 Å². The Morgan fingerprint density at radius 2 is 1.93 bits per heavy atom. The molecule has 4 heterocycles. The van der Waals surface area contributed by atoms with Gasteiger partial charge in [-0.15, -0.1) is 0 Å². The number of pyridine rings is 1. The first-order valence-electron chi connectivity index (χ1n) is 14.3. The molecule has 4 aromatic rings. The number of rotatable bonds is 9. The van der Waals surface area contributed by atoms with Gasteiger partial charge in [0.15, 0.2) is 10.8 Å². The summed E-state index contributed by atoms with van der Waals surface area (Å²) in [6.45, 7) is 6.07. The molecule has 0 bridgehead atoms. The number of ether oxygens (including phenoxy) is 2. The third-order valence-electron chi connectivity index (χ3n) is 7.94. The van der Waals surface area contributed by atoms with Crippen molar-refractivity contribution in [2.24, 2.45) is 5.92 Å². The number of anilines is 1. The van der Waals surface area contributed by atoms with E-state index in [1.54, 1.807) is 18.2 Å². The molecule has 9 nitrogen and oxygen atoms in total. The van der Waals surface area contributed by atoms with Crippen molar-refractivity contribution >= 4 is 21.4 Å². The van der Waals surface area contributed by atoms with Crippen molar-refractivity contribution in [2.75, 3.05) is 30.3 Å². The Morgan fingerprint density at radius 3 is 2.67 bits per heavy atom. The van der Waals surface area contributed by atoms with Crippen molar-refractivity contribution in [1.82, 2.24) is 15.2 Å². The second-order valence-corrected chi connectivity index (χ2v) is 13.4. The first kappa shape index (κ1) is 29.0. The van der Waals surface area contributed by atoms with Crippen LogP contribution < -0.4 is 9.64 Å². The lowest BCUT2D eigenvalue weighted by atomic mass is 9.83. The second kappa shape index (κ2) is 11.5. The van der Waals surface area contributed by atoms with Gasteiger partial charge in [-0.2, -0.15) is 5.10 Å². The first-order chi connectivity index (χ1) is 20.6. The zero-order valence-corrected chi connectivity index (χ0v) is 24.9. The topological polar surface area (TPSA) is 114 Å². The van der Waals surface area contributed by atoms with Crippen LogP contribution in [0.25, 0.3) is 11.3 Å². The molecule has 2 aliphatic rings. The van der Waals surface area contributed by atoms with Gasteiger partial charge in [0.2, 0.25) is 9.84 Å². The molecule has 2 aromatic heterocycles. The lowest BCUT2D eigenvalue weighted by Crippen LogP contribution is -2.43. The van der Waals surface area contributed by atoms with Crippen LogP contribution >= 0.6 is 0 Å². The molecule has 0 atom stereocenters. The van der Waals surface area contributed by atoms with Crippen LogP contribution in [-0.4, -0.2) is 54.8 Å². The molecule has 0 aliphatic carbocycles. The molecule has 0 unspecified atom stereocenters. The predicted molar refractivity (Wildman–Crippen MR) is 161 cm³/mol. The highest BCUT2D eigenvalue weighted by Gasteiger charge is 2.43. The molecule has 1 saturated heterocycles. The zero-order chi connectivity index (χ0) is 30.2. The fraction of sp³-hybridized carbons (Fsp3) is 0.344. The highest BCUT2D eigenvalue weighted by Crippen LogP contribution is 2.45. The fourth-order valence-corrected chi connectivity index (χ4v) is 6.86. The number of carbonyl (C=O) groups excluding carboxylic acids is 1. The average molecular weight is 607 g/mol. The normalized spacial score (nSPS) is 16.0. The number of ketones is 1. The lowest BCUT2D eigenvalue weighted by Gasteiger charge is -2.40. The van der Waals surface area contributed by atoms with Crippen molar-refractivity contribution in [3.8, 4) is 17.0 Å². The number of aromatic nitrogens is 3. The SMILES string of the molecule is CC(C)COc1cc(F)cc(-c2ccc(C(=O)CS(=O)(=O)c3ccn[nH]3)c(N3CCC4(CC3)OCc3ccccc34)n2)c1.[HH]. The third kappa shape index (κ3) is 5.92. The number of nitrogens with zero attached hydrogens (tertiary/aromatic N) is 3. The van der Waals surface area contributed by atoms with Crippen LogP contribution in [0.5, 0.6) is 5.75 Å². The summed E-state index contributed by atoms with van der Waals surface area (Å²) < 4.78 is 52.6. The van der Waals surface area contributed by atoms with Crippen LogP contribution in [-0.2, 0) is 26.8 Å². The zero-order valence-electron chi connectivity index (χ0n) is 24.0. The van der Waals surface area contributed by atoms with Gasteiger partial charge in [0.1, 0.15) is 23.1 Å². The molecule has 0 amide bonds. The van der Waals surface area contributed by atoms with Gasteiger partial charge >= 0.3 is 0 Å². The van der Waals surface area contributed by atoms with E-state index < -0.39 is 32.8 Å². The maximum Gasteiger partial charge on any atom is 0.202 e. The van der Waals surface area contributed by atoms with E-state index in [1.165, 1.54) is 35.5 Å². The summed E-state index contributed by atoms with van der Waals surface area (Å²) >= 11 is 0. The predicted octanol–water partition coefficient (Wildman–Crippen LogP) is 5.57. The minimum atomic E-state index is -3.95.